The van der Waals surface area contributed by atoms with E-state index >= 15 is 0 Å². The van der Waals surface area contributed by atoms with Gasteiger partial charge in [-0.15, -0.1) is 0 Å². The van der Waals surface area contributed by atoms with Gasteiger partial charge in [0, 0.05) is 23.5 Å². The summed E-state index contributed by atoms with van der Waals surface area (Å²) in [6, 6.07) is 20.5. The first-order valence-corrected chi connectivity index (χ1v) is 13.0. The minimum Gasteiger partial charge on any atom is -0.492 e. The van der Waals surface area contributed by atoms with Crippen molar-refractivity contribution >= 4 is 60.8 Å². The number of rotatable bonds is 8. The molecular formula is C24H22BrN3O5S2. The number of halogens is 1. The maximum Gasteiger partial charge on any atom is 0.264 e. The standard InChI is InChI=1S/C24H22BrN3O5S2/c1-16(29)28-35(31,32)20-10-8-19(9-11-20)26-24(34)27-23(30)21-15-18(25)7-12-22(21)33-14-13-17-5-3-2-4-6-17/h2-12,15H,13-14H2,1H3,(H,28,29)(H2,26,27,30,34). The topological polar surface area (TPSA) is 114 Å². The van der Waals surface area contributed by atoms with E-state index in [-0.39, 0.29) is 10.0 Å². The van der Waals surface area contributed by atoms with E-state index in [1.165, 1.54) is 24.3 Å². The fourth-order valence-corrected chi connectivity index (χ4v) is 4.59. The van der Waals surface area contributed by atoms with E-state index in [1.807, 2.05) is 35.1 Å². The second-order valence-corrected chi connectivity index (χ2v) is 10.3. The van der Waals surface area contributed by atoms with Crippen LogP contribution in [0.25, 0.3) is 0 Å². The summed E-state index contributed by atoms with van der Waals surface area (Å²) in [6.07, 6.45) is 0.686. The number of benzene rings is 3. The molecule has 0 fully saturated rings. The Morgan fingerprint density at radius 2 is 1.69 bits per heavy atom. The van der Waals surface area contributed by atoms with Crippen LogP contribution in [-0.2, 0) is 21.2 Å². The summed E-state index contributed by atoms with van der Waals surface area (Å²) in [5.41, 5.74) is 1.87. The number of hydrogen-bond donors (Lipinski definition) is 3. The average molecular weight is 576 g/mol. The molecule has 0 radical (unpaired) electrons. The Hall–Kier alpha value is -3.28. The number of thiocarbonyl (C=S) groups is 1. The summed E-state index contributed by atoms with van der Waals surface area (Å²) in [7, 11) is -3.94. The van der Waals surface area contributed by atoms with Crippen molar-refractivity contribution in [2.75, 3.05) is 11.9 Å². The van der Waals surface area contributed by atoms with Crippen LogP contribution in [0.2, 0.25) is 0 Å². The van der Waals surface area contributed by atoms with Gasteiger partial charge in [-0.3, -0.25) is 14.9 Å². The summed E-state index contributed by atoms with van der Waals surface area (Å²) in [6.45, 7) is 1.50. The van der Waals surface area contributed by atoms with Crippen molar-refractivity contribution in [1.82, 2.24) is 10.0 Å². The van der Waals surface area contributed by atoms with Gasteiger partial charge in [0.1, 0.15) is 5.75 Å². The van der Waals surface area contributed by atoms with Crippen LogP contribution >= 0.6 is 28.1 Å². The van der Waals surface area contributed by atoms with Crippen molar-refractivity contribution in [3.63, 3.8) is 0 Å². The Kier molecular flexibility index (Phi) is 8.96. The van der Waals surface area contributed by atoms with Gasteiger partial charge in [0.15, 0.2) is 5.11 Å². The molecule has 0 unspecified atom stereocenters. The smallest absolute Gasteiger partial charge is 0.264 e. The number of sulfonamides is 1. The van der Waals surface area contributed by atoms with E-state index in [2.05, 4.69) is 26.6 Å². The van der Waals surface area contributed by atoms with E-state index in [1.54, 1.807) is 18.2 Å². The molecule has 3 N–H and O–H groups in total. The molecule has 11 heteroatoms. The average Bonchev–Trinajstić information content (AvgIpc) is 2.80. The van der Waals surface area contributed by atoms with Crippen LogP contribution in [-0.4, -0.2) is 32.0 Å². The largest absolute Gasteiger partial charge is 0.492 e. The van der Waals surface area contributed by atoms with E-state index in [4.69, 9.17) is 17.0 Å². The van der Waals surface area contributed by atoms with Crippen molar-refractivity contribution in [1.29, 1.82) is 0 Å². The molecule has 0 atom stereocenters. The Labute approximate surface area is 217 Å². The molecule has 182 valence electrons. The molecule has 8 nitrogen and oxygen atoms in total. The maximum atomic E-state index is 12.9. The Morgan fingerprint density at radius 1 is 1.00 bits per heavy atom. The first kappa shape index (κ1) is 26.3. The fourth-order valence-electron chi connectivity index (χ4n) is 3.03. The van der Waals surface area contributed by atoms with Gasteiger partial charge in [-0.1, -0.05) is 46.3 Å². The Balaban J connectivity index is 1.62. The highest BCUT2D eigenvalue weighted by Gasteiger charge is 2.17. The van der Waals surface area contributed by atoms with Crippen LogP contribution < -0.4 is 20.1 Å². The second-order valence-electron chi connectivity index (χ2n) is 7.32. The lowest BCUT2D eigenvalue weighted by atomic mass is 10.1. The summed E-state index contributed by atoms with van der Waals surface area (Å²) < 4.78 is 32.5. The Bertz CT molecular complexity index is 1330. The van der Waals surface area contributed by atoms with Gasteiger partial charge >= 0.3 is 0 Å². The molecule has 0 saturated carbocycles. The van der Waals surface area contributed by atoms with Crippen molar-refractivity contribution in [3.05, 3.63) is 88.4 Å². The molecule has 3 aromatic rings. The van der Waals surface area contributed by atoms with Gasteiger partial charge in [-0.2, -0.15) is 0 Å². The summed E-state index contributed by atoms with van der Waals surface area (Å²) in [5.74, 6) is -0.743. The van der Waals surface area contributed by atoms with Crippen molar-refractivity contribution in [2.45, 2.75) is 18.2 Å². The van der Waals surface area contributed by atoms with Gasteiger partial charge in [0.2, 0.25) is 5.91 Å². The maximum absolute atomic E-state index is 12.9. The molecule has 3 rings (SSSR count). The summed E-state index contributed by atoms with van der Waals surface area (Å²) in [4.78, 5) is 23.9. The van der Waals surface area contributed by atoms with Crippen LogP contribution in [0, 0.1) is 0 Å². The highest BCUT2D eigenvalue weighted by atomic mass is 79.9. The third kappa shape index (κ3) is 7.88. The van der Waals surface area contributed by atoms with Gasteiger partial charge in [0.25, 0.3) is 15.9 Å². The highest BCUT2D eigenvalue weighted by molar-refractivity contribution is 9.10. The number of amides is 2. The summed E-state index contributed by atoms with van der Waals surface area (Å²) >= 11 is 8.60. The molecule has 0 aliphatic carbocycles. The zero-order chi connectivity index (χ0) is 25.4. The molecule has 3 aromatic carbocycles. The van der Waals surface area contributed by atoms with E-state index in [0.29, 0.717) is 34.5 Å². The number of hydrogen-bond acceptors (Lipinski definition) is 6. The molecule has 0 aliphatic heterocycles. The van der Waals surface area contributed by atoms with E-state index in [9.17, 15) is 18.0 Å². The van der Waals surface area contributed by atoms with Crippen LogP contribution in [0.4, 0.5) is 5.69 Å². The number of carbonyl (C=O) groups excluding carboxylic acids is 2. The Morgan fingerprint density at radius 3 is 2.34 bits per heavy atom. The number of ether oxygens (including phenoxy) is 1. The van der Waals surface area contributed by atoms with Crippen LogP contribution in [0.15, 0.2) is 82.2 Å². The number of anilines is 1. The SMILES string of the molecule is CC(=O)NS(=O)(=O)c1ccc(NC(=S)NC(=O)c2cc(Br)ccc2OCCc2ccccc2)cc1. The number of carbonyl (C=O) groups is 2. The monoisotopic (exact) mass is 575 g/mol. The summed E-state index contributed by atoms with van der Waals surface area (Å²) in [5, 5.41) is 5.44. The predicted octanol–water partition coefficient (Wildman–Crippen LogP) is 4.02. The molecule has 0 heterocycles. The van der Waals surface area contributed by atoms with Crippen LogP contribution in [0.5, 0.6) is 5.75 Å². The van der Waals surface area contributed by atoms with Gasteiger partial charge in [0.05, 0.1) is 17.1 Å². The van der Waals surface area contributed by atoms with E-state index < -0.39 is 21.8 Å². The van der Waals surface area contributed by atoms with Crippen molar-refractivity contribution in [2.24, 2.45) is 0 Å². The number of nitrogens with one attached hydrogen (secondary N) is 3. The molecule has 0 saturated heterocycles. The molecule has 0 aromatic heterocycles. The molecule has 35 heavy (non-hydrogen) atoms. The zero-order valence-electron chi connectivity index (χ0n) is 18.6. The van der Waals surface area contributed by atoms with E-state index in [0.717, 1.165) is 12.5 Å². The highest BCUT2D eigenvalue weighted by Crippen LogP contribution is 2.24. The van der Waals surface area contributed by atoms with Gasteiger partial charge < -0.3 is 10.1 Å². The lowest BCUT2D eigenvalue weighted by Gasteiger charge is -2.14. The first-order valence-electron chi connectivity index (χ1n) is 10.4. The van der Waals surface area contributed by atoms with Gasteiger partial charge in [-0.05, 0) is 60.2 Å². The lowest BCUT2D eigenvalue weighted by Crippen LogP contribution is -2.34. The molecule has 0 spiro atoms. The van der Waals surface area contributed by atoms with Crippen LogP contribution in [0.1, 0.15) is 22.8 Å². The fraction of sp³-hybridized carbons (Fsp3) is 0.125. The van der Waals surface area contributed by atoms with Crippen molar-refractivity contribution < 1.29 is 22.7 Å². The molecule has 0 bridgehead atoms. The minimum absolute atomic E-state index is 0.0164. The lowest BCUT2D eigenvalue weighted by molar-refractivity contribution is -0.117. The van der Waals surface area contributed by atoms with Gasteiger partial charge in [-0.25, -0.2) is 13.1 Å². The van der Waals surface area contributed by atoms with Crippen molar-refractivity contribution in [3.8, 4) is 5.75 Å². The zero-order valence-corrected chi connectivity index (χ0v) is 21.8. The third-order valence-electron chi connectivity index (χ3n) is 4.61. The predicted molar refractivity (Wildman–Crippen MR) is 141 cm³/mol. The van der Waals surface area contributed by atoms with Crippen LogP contribution in [0.3, 0.4) is 0 Å². The molecule has 0 aliphatic rings. The minimum atomic E-state index is -3.94. The molecular weight excluding hydrogens is 554 g/mol. The first-order chi connectivity index (χ1) is 16.6. The second kappa shape index (κ2) is 11.9. The molecule has 2 amide bonds. The quantitative estimate of drug-likeness (QED) is 0.347. The normalized spacial score (nSPS) is 10.8. The third-order valence-corrected chi connectivity index (χ3v) is 6.75.